The van der Waals surface area contributed by atoms with Crippen LogP contribution < -0.4 is 5.32 Å². The first kappa shape index (κ1) is 12.7. The number of hydrogen-bond donors (Lipinski definition) is 1. The summed E-state index contributed by atoms with van der Waals surface area (Å²) < 4.78 is 14.6. The van der Waals surface area contributed by atoms with Crippen LogP contribution in [-0.2, 0) is 6.54 Å². The Labute approximate surface area is 106 Å². The fourth-order valence-corrected chi connectivity index (χ4v) is 1.66. The normalized spacial score (nSPS) is 11.1. The van der Waals surface area contributed by atoms with Crippen molar-refractivity contribution in [3.63, 3.8) is 0 Å². The van der Waals surface area contributed by atoms with Gasteiger partial charge in [0.2, 0.25) is 0 Å². The fraction of sp³-hybridized carbons (Fsp3) is 0.385. The number of nitrogens with one attached hydrogen (secondary N) is 1. The van der Waals surface area contributed by atoms with Crippen LogP contribution in [0, 0.1) is 11.7 Å². The second-order valence-corrected chi connectivity index (χ2v) is 4.59. The lowest BCUT2D eigenvalue weighted by atomic mass is 10.2. The standard InChI is InChI=1S/C13H17FN4/c1-10(2)7-15-8-13-16-9-17-18(13)12-5-3-11(14)4-6-12/h3-6,9-10,15H,7-8H2,1-2H3. The molecule has 96 valence electrons. The Morgan fingerprint density at radius 3 is 2.67 bits per heavy atom. The molecule has 0 atom stereocenters. The van der Waals surface area contributed by atoms with E-state index in [0.717, 1.165) is 18.1 Å². The number of nitrogens with zero attached hydrogens (tertiary/aromatic N) is 3. The van der Waals surface area contributed by atoms with Gasteiger partial charge in [0.25, 0.3) is 0 Å². The lowest BCUT2D eigenvalue weighted by Gasteiger charge is -2.08. The van der Waals surface area contributed by atoms with E-state index in [9.17, 15) is 4.39 Å². The molecule has 0 aliphatic heterocycles. The van der Waals surface area contributed by atoms with Gasteiger partial charge in [-0.15, -0.1) is 0 Å². The molecule has 18 heavy (non-hydrogen) atoms. The van der Waals surface area contributed by atoms with Gasteiger partial charge in [0.1, 0.15) is 18.0 Å². The average Bonchev–Trinajstić information content (AvgIpc) is 2.78. The number of halogens is 1. The molecule has 0 radical (unpaired) electrons. The van der Waals surface area contributed by atoms with Crippen LogP contribution in [0.5, 0.6) is 0 Å². The molecule has 2 aromatic rings. The first-order valence-corrected chi connectivity index (χ1v) is 6.02. The Kier molecular flexibility index (Phi) is 4.04. The van der Waals surface area contributed by atoms with Crippen LogP contribution in [-0.4, -0.2) is 21.3 Å². The molecule has 0 fully saturated rings. The van der Waals surface area contributed by atoms with Crippen LogP contribution in [0.25, 0.3) is 5.69 Å². The number of hydrogen-bond acceptors (Lipinski definition) is 3. The Morgan fingerprint density at radius 1 is 1.28 bits per heavy atom. The molecule has 4 nitrogen and oxygen atoms in total. The largest absolute Gasteiger partial charge is 0.310 e. The molecule has 0 aliphatic carbocycles. The summed E-state index contributed by atoms with van der Waals surface area (Å²) in [7, 11) is 0. The van der Waals surface area contributed by atoms with Crippen LogP contribution in [0.4, 0.5) is 4.39 Å². The van der Waals surface area contributed by atoms with E-state index in [1.807, 2.05) is 0 Å². The molecule has 0 aliphatic rings. The van der Waals surface area contributed by atoms with Gasteiger partial charge in [-0.25, -0.2) is 14.1 Å². The molecule has 0 saturated carbocycles. The number of aromatic nitrogens is 3. The van der Waals surface area contributed by atoms with E-state index in [-0.39, 0.29) is 5.82 Å². The summed E-state index contributed by atoms with van der Waals surface area (Å²) in [5.74, 6) is 1.16. The minimum Gasteiger partial charge on any atom is -0.310 e. The molecule has 1 aromatic carbocycles. The van der Waals surface area contributed by atoms with Crippen molar-refractivity contribution in [2.75, 3.05) is 6.54 Å². The quantitative estimate of drug-likeness (QED) is 0.881. The minimum absolute atomic E-state index is 0.252. The highest BCUT2D eigenvalue weighted by Gasteiger charge is 2.06. The van der Waals surface area contributed by atoms with Gasteiger partial charge < -0.3 is 5.32 Å². The van der Waals surface area contributed by atoms with Crippen molar-refractivity contribution in [2.24, 2.45) is 5.92 Å². The molecule has 0 bridgehead atoms. The van der Waals surface area contributed by atoms with E-state index in [1.165, 1.54) is 18.5 Å². The number of benzene rings is 1. The van der Waals surface area contributed by atoms with E-state index >= 15 is 0 Å². The molecule has 0 saturated heterocycles. The second-order valence-electron chi connectivity index (χ2n) is 4.59. The zero-order chi connectivity index (χ0) is 13.0. The molecule has 0 amide bonds. The molecule has 0 unspecified atom stereocenters. The van der Waals surface area contributed by atoms with E-state index in [1.54, 1.807) is 16.8 Å². The van der Waals surface area contributed by atoms with Crippen LogP contribution in [0.15, 0.2) is 30.6 Å². The maximum Gasteiger partial charge on any atom is 0.146 e. The SMILES string of the molecule is CC(C)CNCc1ncnn1-c1ccc(F)cc1. The molecule has 0 spiro atoms. The van der Waals surface area contributed by atoms with Crippen LogP contribution >= 0.6 is 0 Å². The van der Waals surface area contributed by atoms with Crippen molar-refractivity contribution >= 4 is 0 Å². The van der Waals surface area contributed by atoms with Gasteiger partial charge in [-0.1, -0.05) is 13.8 Å². The lowest BCUT2D eigenvalue weighted by Crippen LogP contribution is -2.21. The first-order valence-electron chi connectivity index (χ1n) is 6.02. The van der Waals surface area contributed by atoms with E-state index in [4.69, 9.17) is 0 Å². The molecular weight excluding hydrogens is 231 g/mol. The molecule has 1 heterocycles. The maximum absolute atomic E-state index is 12.9. The fourth-order valence-electron chi connectivity index (χ4n) is 1.66. The lowest BCUT2D eigenvalue weighted by molar-refractivity contribution is 0.537. The molecule has 2 rings (SSSR count). The summed E-state index contributed by atoms with van der Waals surface area (Å²) in [6.45, 7) is 5.88. The molecule has 1 aromatic heterocycles. The summed E-state index contributed by atoms with van der Waals surface area (Å²) in [5, 5.41) is 7.47. The van der Waals surface area contributed by atoms with Crippen molar-refractivity contribution in [1.29, 1.82) is 0 Å². The highest BCUT2D eigenvalue weighted by Crippen LogP contribution is 2.09. The van der Waals surface area contributed by atoms with Gasteiger partial charge >= 0.3 is 0 Å². The Hall–Kier alpha value is -1.75. The van der Waals surface area contributed by atoms with Crippen LogP contribution in [0.3, 0.4) is 0 Å². The summed E-state index contributed by atoms with van der Waals surface area (Å²) in [5.41, 5.74) is 0.815. The van der Waals surface area contributed by atoms with E-state index in [2.05, 4.69) is 29.2 Å². The van der Waals surface area contributed by atoms with E-state index in [0.29, 0.717) is 12.5 Å². The summed E-state index contributed by atoms with van der Waals surface area (Å²) in [6, 6.07) is 6.22. The molecular formula is C13H17FN4. The predicted molar refractivity (Wildman–Crippen MR) is 67.9 cm³/mol. The van der Waals surface area contributed by atoms with Crippen molar-refractivity contribution in [1.82, 2.24) is 20.1 Å². The minimum atomic E-state index is -0.252. The van der Waals surface area contributed by atoms with Crippen LogP contribution in [0.2, 0.25) is 0 Å². The molecule has 5 heteroatoms. The first-order chi connectivity index (χ1) is 8.66. The highest BCUT2D eigenvalue weighted by molar-refractivity contribution is 5.31. The van der Waals surface area contributed by atoms with Gasteiger partial charge in [-0.3, -0.25) is 0 Å². The highest BCUT2D eigenvalue weighted by atomic mass is 19.1. The zero-order valence-electron chi connectivity index (χ0n) is 10.6. The topological polar surface area (TPSA) is 42.7 Å². The van der Waals surface area contributed by atoms with Crippen molar-refractivity contribution in [3.05, 3.63) is 42.2 Å². The Morgan fingerprint density at radius 2 is 2.00 bits per heavy atom. The van der Waals surface area contributed by atoms with Gasteiger partial charge in [0.15, 0.2) is 0 Å². The van der Waals surface area contributed by atoms with Gasteiger partial charge in [0.05, 0.1) is 12.2 Å². The molecule has 1 N–H and O–H groups in total. The average molecular weight is 248 g/mol. The summed E-state index contributed by atoms with van der Waals surface area (Å²) >= 11 is 0. The summed E-state index contributed by atoms with van der Waals surface area (Å²) in [4.78, 5) is 4.21. The predicted octanol–water partition coefficient (Wildman–Crippen LogP) is 2.15. The Bertz CT molecular complexity index is 490. The van der Waals surface area contributed by atoms with Crippen molar-refractivity contribution < 1.29 is 4.39 Å². The van der Waals surface area contributed by atoms with Gasteiger partial charge in [-0.05, 0) is 36.7 Å². The number of rotatable bonds is 5. The zero-order valence-corrected chi connectivity index (χ0v) is 10.6. The maximum atomic E-state index is 12.9. The van der Waals surface area contributed by atoms with Gasteiger partial charge in [-0.2, -0.15) is 5.10 Å². The van der Waals surface area contributed by atoms with E-state index < -0.39 is 0 Å². The smallest absolute Gasteiger partial charge is 0.146 e. The van der Waals surface area contributed by atoms with Crippen molar-refractivity contribution in [3.8, 4) is 5.69 Å². The van der Waals surface area contributed by atoms with Crippen LogP contribution in [0.1, 0.15) is 19.7 Å². The summed E-state index contributed by atoms with van der Waals surface area (Å²) in [6.07, 6.45) is 1.51. The third-order valence-electron chi connectivity index (χ3n) is 2.53. The monoisotopic (exact) mass is 248 g/mol. The second kappa shape index (κ2) is 5.73. The Balaban J connectivity index is 2.10. The van der Waals surface area contributed by atoms with Gasteiger partial charge in [0, 0.05) is 0 Å². The third kappa shape index (κ3) is 3.13. The third-order valence-corrected chi connectivity index (χ3v) is 2.53. The van der Waals surface area contributed by atoms with Crippen molar-refractivity contribution in [2.45, 2.75) is 20.4 Å².